The van der Waals surface area contributed by atoms with Gasteiger partial charge in [0.05, 0.1) is 12.6 Å². The SMILES string of the molecule is CC(NC(=O)c1cccc(NC2=NCCN2)c1)c1cccc(C=CC(=O)O)c1. The minimum atomic E-state index is -1.00. The van der Waals surface area contributed by atoms with Gasteiger partial charge in [-0.15, -0.1) is 0 Å². The Morgan fingerprint density at radius 1 is 1.21 bits per heavy atom. The van der Waals surface area contributed by atoms with Gasteiger partial charge in [-0.1, -0.05) is 24.3 Å². The molecular weight excluding hydrogens is 356 g/mol. The number of guanidine groups is 1. The van der Waals surface area contributed by atoms with Gasteiger partial charge >= 0.3 is 5.97 Å². The number of hydrogen-bond acceptors (Lipinski definition) is 5. The van der Waals surface area contributed by atoms with Crippen LogP contribution < -0.4 is 16.0 Å². The van der Waals surface area contributed by atoms with Crippen molar-refractivity contribution < 1.29 is 14.7 Å². The van der Waals surface area contributed by atoms with Crippen molar-refractivity contribution in [1.29, 1.82) is 0 Å². The zero-order chi connectivity index (χ0) is 19.9. The number of hydrogen-bond donors (Lipinski definition) is 4. The molecule has 28 heavy (non-hydrogen) atoms. The van der Waals surface area contributed by atoms with Crippen LogP contribution in [0.1, 0.15) is 34.5 Å². The summed E-state index contributed by atoms with van der Waals surface area (Å²) >= 11 is 0. The van der Waals surface area contributed by atoms with E-state index in [1.807, 2.05) is 43.3 Å². The number of anilines is 1. The number of aliphatic carboxylic acids is 1. The van der Waals surface area contributed by atoms with E-state index >= 15 is 0 Å². The molecule has 1 heterocycles. The number of benzene rings is 2. The number of nitrogens with zero attached hydrogens (tertiary/aromatic N) is 1. The minimum Gasteiger partial charge on any atom is -0.478 e. The van der Waals surface area contributed by atoms with Crippen LogP contribution in [0.3, 0.4) is 0 Å². The number of carboxylic acid groups (broad SMARTS) is 1. The van der Waals surface area contributed by atoms with Gasteiger partial charge in [0, 0.05) is 23.9 Å². The van der Waals surface area contributed by atoms with Gasteiger partial charge in [0.1, 0.15) is 0 Å². The van der Waals surface area contributed by atoms with Gasteiger partial charge in [-0.2, -0.15) is 0 Å². The lowest BCUT2D eigenvalue weighted by atomic mass is 10.0. The molecule has 0 saturated carbocycles. The molecule has 0 bridgehead atoms. The second-order valence-corrected chi connectivity index (χ2v) is 6.40. The molecule has 7 heteroatoms. The smallest absolute Gasteiger partial charge is 0.328 e. The third-order valence-corrected chi connectivity index (χ3v) is 4.24. The van der Waals surface area contributed by atoms with E-state index in [9.17, 15) is 9.59 Å². The lowest BCUT2D eigenvalue weighted by molar-refractivity contribution is -0.131. The van der Waals surface area contributed by atoms with Gasteiger partial charge in [-0.05, 0) is 48.4 Å². The summed E-state index contributed by atoms with van der Waals surface area (Å²) in [5, 5.41) is 18.0. The Morgan fingerprint density at radius 2 is 2.04 bits per heavy atom. The highest BCUT2D eigenvalue weighted by Gasteiger charge is 2.13. The summed E-state index contributed by atoms with van der Waals surface area (Å²) in [6, 6.07) is 14.4. The highest BCUT2D eigenvalue weighted by Crippen LogP contribution is 2.17. The number of aliphatic imine (C=N–C) groups is 1. The molecule has 3 rings (SSSR count). The van der Waals surface area contributed by atoms with Crippen molar-refractivity contribution in [3.05, 3.63) is 71.3 Å². The first-order valence-electron chi connectivity index (χ1n) is 8.98. The molecule has 144 valence electrons. The maximum Gasteiger partial charge on any atom is 0.328 e. The van der Waals surface area contributed by atoms with E-state index < -0.39 is 5.97 Å². The molecule has 2 aromatic carbocycles. The highest BCUT2D eigenvalue weighted by molar-refractivity contribution is 5.98. The van der Waals surface area contributed by atoms with Crippen molar-refractivity contribution >= 4 is 29.6 Å². The second kappa shape index (κ2) is 8.85. The lowest BCUT2D eigenvalue weighted by Gasteiger charge is -2.15. The first kappa shape index (κ1) is 19.2. The van der Waals surface area contributed by atoms with Crippen LogP contribution in [0.2, 0.25) is 0 Å². The number of nitrogens with one attached hydrogen (secondary N) is 3. The Kier molecular flexibility index (Phi) is 6.06. The van der Waals surface area contributed by atoms with Gasteiger partial charge in [0.15, 0.2) is 5.96 Å². The second-order valence-electron chi connectivity index (χ2n) is 6.40. The highest BCUT2D eigenvalue weighted by atomic mass is 16.4. The Bertz CT molecular complexity index is 937. The predicted octanol–water partition coefficient (Wildman–Crippen LogP) is 2.65. The summed E-state index contributed by atoms with van der Waals surface area (Å²) in [6.07, 6.45) is 2.61. The Hall–Kier alpha value is -3.61. The monoisotopic (exact) mass is 378 g/mol. The van der Waals surface area contributed by atoms with Crippen LogP contribution in [-0.4, -0.2) is 36.0 Å². The molecule has 0 saturated heterocycles. The van der Waals surface area contributed by atoms with Crippen molar-refractivity contribution in [2.24, 2.45) is 4.99 Å². The summed E-state index contributed by atoms with van der Waals surface area (Å²) in [7, 11) is 0. The molecule has 1 amide bonds. The Balaban J connectivity index is 1.67. The third-order valence-electron chi connectivity index (χ3n) is 4.24. The van der Waals surface area contributed by atoms with Gasteiger partial charge in [0.25, 0.3) is 5.91 Å². The Labute approximate surface area is 163 Å². The number of carbonyl (C=O) groups is 2. The van der Waals surface area contributed by atoms with Crippen molar-refractivity contribution in [2.75, 3.05) is 18.4 Å². The van der Waals surface area contributed by atoms with Crippen LogP contribution in [0, 0.1) is 0 Å². The molecule has 0 radical (unpaired) electrons. The molecular formula is C21H22N4O3. The van der Waals surface area contributed by atoms with E-state index in [1.54, 1.807) is 12.1 Å². The summed E-state index contributed by atoms with van der Waals surface area (Å²) < 4.78 is 0. The number of amides is 1. The molecule has 7 nitrogen and oxygen atoms in total. The average molecular weight is 378 g/mol. The minimum absolute atomic E-state index is 0.191. The molecule has 0 fully saturated rings. The van der Waals surface area contributed by atoms with Gasteiger partial charge < -0.3 is 21.1 Å². The summed E-state index contributed by atoms with van der Waals surface area (Å²) in [6.45, 7) is 3.43. The quantitative estimate of drug-likeness (QED) is 0.579. The average Bonchev–Trinajstić information content (AvgIpc) is 3.19. The van der Waals surface area contributed by atoms with E-state index in [-0.39, 0.29) is 11.9 Å². The van der Waals surface area contributed by atoms with Crippen molar-refractivity contribution in [1.82, 2.24) is 10.6 Å². The van der Waals surface area contributed by atoms with Gasteiger partial charge in [-0.25, -0.2) is 4.79 Å². The molecule has 0 aromatic heterocycles. The predicted molar refractivity (Wildman–Crippen MR) is 109 cm³/mol. The first-order chi connectivity index (χ1) is 13.5. The first-order valence-corrected chi connectivity index (χ1v) is 8.98. The van der Waals surface area contributed by atoms with Crippen LogP contribution in [0.5, 0.6) is 0 Å². The molecule has 2 aromatic rings. The van der Waals surface area contributed by atoms with Crippen LogP contribution in [0.4, 0.5) is 5.69 Å². The van der Waals surface area contributed by atoms with E-state index in [1.165, 1.54) is 6.08 Å². The largest absolute Gasteiger partial charge is 0.478 e. The van der Waals surface area contributed by atoms with Crippen molar-refractivity contribution in [3.63, 3.8) is 0 Å². The fourth-order valence-corrected chi connectivity index (χ4v) is 2.82. The van der Waals surface area contributed by atoms with Gasteiger partial charge in [-0.3, -0.25) is 9.79 Å². The van der Waals surface area contributed by atoms with Crippen molar-refractivity contribution in [2.45, 2.75) is 13.0 Å². The molecule has 0 spiro atoms. The zero-order valence-corrected chi connectivity index (χ0v) is 15.5. The van der Waals surface area contributed by atoms with Crippen molar-refractivity contribution in [3.8, 4) is 0 Å². The van der Waals surface area contributed by atoms with Gasteiger partial charge in [0.2, 0.25) is 0 Å². The zero-order valence-electron chi connectivity index (χ0n) is 15.5. The lowest BCUT2D eigenvalue weighted by Crippen LogP contribution is -2.28. The number of carbonyl (C=O) groups excluding carboxylic acids is 1. The topological polar surface area (TPSA) is 103 Å². The maximum absolute atomic E-state index is 12.6. The molecule has 1 aliphatic rings. The molecule has 1 unspecified atom stereocenters. The van der Waals surface area contributed by atoms with E-state index in [4.69, 9.17) is 5.11 Å². The third kappa shape index (κ3) is 5.20. The van der Waals surface area contributed by atoms with Crippen LogP contribution in [0.25, 0.3) is 6.08 Å². The van der Waals surface area contributed by atoms with E-state index in [0.29, 0.717) is 11.5 Å². The molecule has 1 aliphatic heterocycles. The number of rotatable bonds is 6. The van der Waals surface area contributed by atoms with Crippen LogP contribution in [-0.2, 0) is 4.79 Å². The van der Waals surface area contributed by atoms with E-state index in [0.717, 1.165) is 36.0 Å². The maximum atomic E-state index is 12.6. The normalized spacial score (nSPS) is 14.2. The number of carboxylic acids is 1. The fourth-order valence-electron chi connectivity index (χ4n) is 2.82. The Morgan fingerprint density at radius 3 is 2.79 bits per heavy atom. The summed E-state index contributed by atoms with van der Waals surface area (Å²) in [5.74, 6) is -0.486. The molecule has 0 aliphatic carbocycles. The summed E-state index contributed by atoms with van der Waals surface area (Å²) in [4.78, 5) is 27.6. The van der Waals surface area contributed by atoms with Crippen LogP contribution >= 0.6 is 0 Å². The fraction of sp³-hybridized carbons (Fsp3) is 0.190. The standard InChI is InChI=1S/C21H22N4O3/c1-14(16-5-2-4-15(12-16)8-9-19(26)27)24-20(28)17-6-3-7-18(13-17)25-21-22-10-11-23-21/h2-9,12-14H,10-11H2,1H3,(H,24,28)(H,26,27)(H2,22,23,25). The van der Waals surface area contributed by atoms with E-state index in [2.05, 4.69) is 20.9 Å². The molecule has 4 N–H and O–H groups in total. The summed E-state index contributed by atoms with van der Waals surface area (Å²) in [5.41, 5.74) is 2.98. The van der Waals surface area contributed by atoms with Crippen LogP contribution in [0.15, 0.2) is 59.6 Å². The molecule has 1 atom stereocenters.